The summed E-state index contributed by atoms with van der Waals surface area (Å²) in [5.41, 5.74) is 2.02. The van der Waals surface area contributed by atoms with E-state index in [1.165, 1.54) is 16.9 Å². The fraction of sp³-hybridized carbons (Fsp3) is 0.300. The summed E-state index contributed by atoms with van der Waals surface area (Å²) in [6, 6.07) is 12.3. The number of hydrogen-bond acceptors (Lipinski definition) is 5. The zero-order valence-electron chi connectivity index (χ0n) is 14.6. The molecule has 1 aliphatic rings. The van der Waals surface area contributed by atoms with E-state index in [0.717, 1.165) is 44.1 Å². The Morgan fingerprint density at radius 3 is 2.65 bits per heavy atom. The molecule has 2 aromatic heterocycles. The Bertz CT molecular complexity index is 939. The highest BCUT2D eigenvalue weighted by atomic mass is 32.1. The van der Waals surface area contributed by atoms with E-state index >= 15 is 0 Å². The van der Waals surface area contributed by atoms with E-state index in [1.807, 2.05) is 17.5 Å². The monoisotopic (exact) mass is 366 g/mol. The topological polar surface area (TPSA) is 52.2 Å². The Balaban J connectivity index is 1.29. The predicted molar refractivity (Wildman–Crippen MR) is 107 cm³/mol. The third kappa shape index (κ3) is 4.09. The van der Waals surface area contributed by atoms with Gasteiger partial charge >= 0.3 is 0 Å². The molecule has 0 aliphatic carbocycles. The summed E-state index contributed by atoms with van der Waals surface area (Å²) in [5.74, 6) is 0.762. The van der Waals surface area contributed by atoms with Crippen molar-refractivity contribution >= 4 is 27.6 Å². The lowest BCUT2D eigenvalue weighted by molar-refractivity contribution is 0.134. The van der Waals surface area contributed by atoms with Crippen LogP contribution in [0.2, 0.25) is 0 Å². The first kappa shape index (κ1) is 17.1. The number of rotatable bonds is 5. The Morgan fingerprint density at radius 2 is 1.85 bits per heavy atom. The maximum Gasteiger partial charge on any atom is 0.268 e. The van der Waals surface area contributed by atoms with Crippen molar-refractivity contribution in [1.29, 1.82) is 0 Å². The summed E-state index contributed by atoms with van der Waals surface area (Å²) in [5, 5.41) is 1.92. The maximum absolute atomic E-state index is 12.1. The minimum absolute atomic E-state index is 0.0234. The van der Waals surface area contributed by atoms with Crippen LogP contribution in [0.25, 0.3) is 16.3 Å². The molecule has 0 amide bonds. The van der Waals surface area contributed by atoms with Gasteiger partial charge in [0.15, 0.2) is 0 Å². The number of thiophene rings is 1. The number of piperazine rings is 1. The van der Waals surface area contributed by atoms with Gasteiger partial charge in [0, 0.05) is 32.7 Å². The van der Waals surface area contributed by atoms with Crippen LogP contribution in [0.5, 0.6) is 0 Å². The predicted octanol–water partition coefficient (Wildman–Crippen LogP) is 2.82. The van der Waals surface area contributed by atoms with Crippen molar-refractivity contribution < 1.29 is 0 Å². The molecule has 0 saturated carbocycles. The van der Waals surface area contributed by atoms with Gasteiger partial charge in [-0.1, -0.05) is 42.5 Å². The summed E-state index contributed by atoms with van der Waals surface area (Å²) < 4.78 is 0.712. The van der Waals surface area contributed by atoms with Crippen molar-refractivity contribution in [3.05, 3.63) is 69.6 Å². The summed E-state index contributed by atoms with van der Waals surface area (Å²) in [6.07, 6.45) is 4.41. The van der Waals surface area contributed by atoms with Gasteiger partial charge in [0.25, 0.3) is 5.56 Å². The normalized spacial score (nSPS) is 16.6. The first-order valence-corrected chi connectivity index (χ1v) is 9.78. The van der Waals surface area contributed by atoms with Crippen molar-refractivity contribution in [2.45, 2.75) is 6.54 Å². The molecule has 1 saturated heterocycles. The van der Waals surface area contributed by atoms with Gasteiger partial charge < -0.3 is 4.98 Å². The van der Waals surface area contributed by atoms with E-state index in [0.29, 0.717) is 11.2 Å². The molecule has 1 aromatic carbocycles. The third-order valence-corrected chi connectivity index (χ3v) is 5.58. The van der Waals surface area contributed by atoms with Crippen molar-refractivity contribution in [1.82, 2.24) is 19.8 Å². The lowest BCUT2D eigenvalue weighted by Crippen LogP contribution is -2.46. The second-order valence-corrected chi connectivity index (χ2v) is 7.45. The fourth-order valence-electron chi connectivity index (χ4n) is 3.24. The van der Waals surface area contributed by atoms with E-state index < -0.39 is 0 Å². The van der Waals surface area contributed by atoms with E-state index in [4.69, 9.17) is 0 Å². The minimum atomic E-state index is -0.0234. The Labute approximate surface area is 156 Å². The van der Waals surface area contributed by atoms with Gasteiger partial charge in [0.05, 0.1) is 12.1 Å². The van der Waals surface area contributed by atoms with Crippen molar-refractivity contribution in [2.24, 2.45) is 0 Å². The number of nitrogens with one attached hydrogen (secondary N) is 1. The Hall–Kier alpha value is -2.28. The highest BCUT2D eigenvalue weighted by Gasteiger charge is 2.17. The molecule has 26 heavy (non-hydrogen) atoms. The van der Waals surface area contributed by atoms with E-state index in [-0.39, 0.29) is 5.56 Å². The highest BCUT2D eigenvalue weighted by molar-refractivity contribution is 7.17. The molecular weight excluding hydrogens is 344 g/mol. The molecule has 3 heterocycles. The van der Waals surface area contributed by atoms with Gasteiger partial charge in [0.1, 0.15) is 10.5 Å². The van der Waals surface area contributed by atoms with E-state index in [2.05, 4.69) is 56.2 Å². The number of benzene rings is 1. The van der Waals surface area contributed by atoms with Crippen LogP contribution in [0.3, 0.4) is 0 Å². The number of nitrogens with zero attached hydrogens (tertiary/aromatic N) is 3. The molecule has 0 bridgehead atoms. The van der Waals surface area contributed by atoms with Gasteiger partial charge in [-0.15, -0.1) is 11.3 Å². The first-order valence-electron chi connectivity index (χ1n) is 8.91. The zero-order chi connectivity index (χ0) is 17.8. The average molecular weight is 366 g/mol. The lowest BCUT2D eigenvalue weighted by atomic mass is 10.2. The number of hydrogen-bond donors (Lipinski definition) is 1. The molecule has 0 unspecified atom stereocenters. The molecular formula is C20H22N4OS. The number of aromatic nitrogens is 2. The number of fused-ring (bicyclic) bond motifs is 1. The number of aromatic amines is 1. The van der Waals surface area contributed by atoms with Crippen LogP contribution >= 0.6 is 11.3 Å². The Kier molecular flexibility index (Phi) is 5.24. The Morgan fingerprint density at radius 1 is 1.08 bits per heavy atom. The van der Waals surface area contributed by atoms with Crippen LogP contribution < -0.4 is 5.56 Å². The molecule has 134 valence electrons. The fourth-order valence-corrected chi connectivity index (χ4v) is 3.97. The second kappa shape index (κ2) is 7.95. The second-order valence-electron chi connectivity index (χ2n) is 6.54. The maximum atomic E-state index is 12.1. The molecule has 0 atom stereocenters. The largest absolute Gasteiger partial charge is 0.308 e. The molecule has 6 heteroatoms. The minimum Gasteiger partial charge on any atom is -0.308 e. The van der Waals surface area contributed by atoms with Crippen LogP contribution in [0, 0.1) is 0 Å². The standard InChI is InChI=1S/C20H22N4OS/c25-20-19-17(8-14-26-19)21-18(22-20)15-24-12-10-23(11-13-24)9-4-7-16-5-2-1-3-6-16/h1-8,14H,9-13,15H2,(H,21,22,25). The molecule has 0 spiro atoms. The molecule has 1 aliphatic heterocycles. The highest BCUT2D eigenvalue weighted by Crippen LogP contribution is 2.14. The SMILES string of the molecule is O=c1[nH]c(CN2CCN(CC=Cc3ccccc3)CC2)nc2ccsc12. The van der Waals surface area contributed by atoms with E-state index in [1.54, 1.807) is 0 Å². The van der Waals surface area contributed by atoms with Crippen LogP contribution in [0.4, 0.5) is 0 Å². The summed E-state index contributed by atoms with van der Waals surface area (Å²) in [4.78, 5) is 24.4. The van der Waals surface area contributed by atoms with Crippen LogP contribution in [0.15, 0.2) is 52.6 Å². The van der Waals surface area contributed by atoms with Gasteiger partial charge in [-0.2, -0.15) is 0 Å². The summed E-state index contributed by atoms with van der Waals surface area (Å²) in [7, 11) is 0. The third-order valence-electron chi connectivity index (χ3n) is 4.68. The van der Waals surface area contributed by atoms with Crippen LogP contribution in [-0.2, 0) is 6.54 Å². The molecule has 3 aromatic rings. The first-order chi connectivity index (χ1) is 12.8. The van der Waals surface area contributed by atoms with Crippen molar-refractivity contribution in [3.8, 4) is 0 Å². The van der Waals surface area contributed by atoms with Crippen LogP contribution in [0.1, 0.15) is 11.4 Å². The molecule has 0 radical (unpaired) electrons. The van der Waals surface area contributed by atoms with Gasteiger partial charge in [-0.05, 0) is 17.0 Å². The molecule has 4 rings (SSSR count). The molecule has 5 nitrogen and oxygen atoms in total. The lowest BCUT2D eigenvalue weighted by Gasteiger charge is -2.33. The molecule has 1 fully saturated rings. The average Bonchev–Trinajstić information content (AvgIpc) is 3.13. The zero-order valence-corrected chi connectivity index (χ0v) is 15.4. The number of H-pyrrole nitrogens is 1. The molecule has 1 N–H and O–H groups in total. The quantitative estimate of drug-likeness (QED) is 0.754. The van der Waals surface area contributed by atoms with Crippen molar-refractivity contribution in [3.63, 3.8) is 0 Å². The summed E-state index contributed by atoms with van der Waals surface area (Å²) >= 11 is 1.44. The van der Waals surface area contributed by atoms with Crippen molar-refractivity contribution in [2.75, 3.05) is 32.7 Å². The van der Waals surface area contributed by atoms with Gasteiger partial charge in [-0.25, -0.2) is 4.98 Å². The van der Waals surface area contributed by atoms with Gasteiger partial charge in [0.2, 0.25) is 0 Å². The van der Waals surface area contributed by atoms with E-state index in [9.17, 15) is 4.79 Å². The smallest absolute Gasteiger partial charge is 0.268 e. The van der Waals surface area contributed by atoms with Gasteiger partial charge in [-0.3, -0.25) is 14.6 Å². The van der Waals surface area contributed by atoms with Crippen LogP contribution in [-0.4, -0.2) is 52.5 Å². The summed E-state index contributed by atoms with van der Waals surface area (Å²) in [6.45, 7) is 5.72.